The van der Waals surface area contributed by atoms with Gasteiger partial charge in [0, 0.05) is 17.3 Å². The Balaban J connectivity index is 1.94. The normalized spacial score (nSPS) is 11.8. The van der Waals surface area contributed by atoms with Gasteiger partial charge in [0.1, 0.15) is 18.2 Å². The standard InChI is InChI=1S/C21H16F5N3O3S/c22-14-8-15(23)10-16(9-14)28-20(30)29-19-11-17(33(31,32)27-12-21(24,25)26)6-7-18(19)13-4-2-1-3-5-13/h1-11,27H,12H2,(H2,28,29,30). The highest BCUT2D eigenvalue weighted by Crippen LogP contribution is 2.31. The van der Waals surface area contributed by atoms with E-state index < -0.39 is 45.3 Å². The number of hydrogen-bond donors (Lipinski definition) is 3. The molecule has 0 unspecified atom stereocenters. The third kappa shape index (κ3) is 6.73. The van der Waals surface area contributed by atoms with Gasteiger partial charge < -0.3 is 10.6 Å². The first-order chi connectivity index (χ1) is 15.4. The van der Waals surface area contributed by atoms with Crippen molar-refractivity contribution in [2.24, 2.45) is 0 Å². The summed E-state index contributed by atoms with van der Waals surface area (Å²) in [5.74, 6) is -1.86. The molecule has 0 saturated heterocycles. The Labute approximate surface area is 185 Å². The van der Waals surface area contributed by atoms with E-state index in [1.807, 2.05) is 0 Å². The smallest absolute Gasteiger partial charge is 0.308 e. The van der Waals surface area contributed by atoms with E-state index in [0.717, 1.165) is 24.3 Å². The number of alkyl halides is 3. The molecule has 0 aliphatic carbocycles. The maximum absolute atomic E-state index is 13.4. The summed E-state index contributed by atoms with van der Waals surface area (Å²) in [6, 6.07) is 13.2. The van der Waals surface area contributed by atoms with Crippen LogP contribution in [0.2, 0.25) is 0 Å². The minimum atomic E-state index is -4.77. The topological polar surface area (TPSA) is 87.3 Å². The van der Waals surface area contributed by atoms with Gasteiger partial charge in [-0.15, -0.1) is 0 Å². The molecule has 0 atom stereocenters. The van der Waals surface area contributed by atoms with Crippen molar-refractivity contribution in [1.29, 1.82) is 0 Å². The minimum absolute atomic E-state index is 0.0644. The van der Waals surface area contributed by atoms with Crippen LogP contribution in [0.15, 0.2) is 71.6 Å². The molecule has 12 heteroatoms. The lowest BCUT2D eigenvalue weighted by atomic mass is 10.0. The molecule has 0 bridgehead atoms. The second-order valence-corrected chi connectivity index (χ2v) is 8.52. The molecule has 2 amide bonds. The van der Waals surface area contributed by atoms with Gasteiger partial charge in [-0.3, -0.25) is 0 Å². The van der Waals surface area contributed by atoms with Gasteiger partial charge in [0.25, 0.3) is 0 Å². The lowest BCUT2D eigenvalue weighted by Gasteiger charge is -2.15. The molecule has 0 spiro atoms. The Bertz CT molecular complexity index is 1250. The molecule has 0 saturated carbocycles. The van der Waals surface area contributed by atoms with E-state index in [4.69, 9.17) is 0 Å². The average Bonchev–Trinajstić information content (AvgIpc) is 2.71. The quantitative estimate of drug-likeness (QED) is 0.424. The highest BCUT2D eigenvalue weighted by molar-refractivity contribution is 7.89. The van der Waals surface area contributed by atoms with Gasteiger partial charge in [-0.2, -0.15) is 13.2 Å². The van der Waals surface area contributed by atoms with Crippen LogP contribution < -0.4 is 15.4 Å². The van der Waals surface area contributed by atoms with Crippen LogP contribution in [0, 0.1) is 11.6 Å². The first-order valence-corrected chi connectivity index (χ1v) is 10.7. The van der Waals surface area contributed by atoms with Gasteiger partial charge in [-0.25, -0.2) is 26.7 Å². The van der Waals surface area contributed by atoms with Crippen LogP contribution in [0.5, 0.6) is 0 Å². The predicted octanol–water partition coefficient (Wildman–Crippen LogP) is 5.12. The number of nitrogens with one attached hydrogen (secondary N) is 3. The fourth-order valence-corrected chi connectivity index (χ4v) is 3.87. The summed E-state index contributed by atoms with van der Waals surface area (Å²) in [5, 5.41) is 4.58. The van der Waals surface area contributed by atoms with Crippen LogP contribution in [-0.2, 0) is 10.0 Å². The number of amides is 2. The van der Waals surface area contributed by atoms with E-state index in [-0.39, 0.29) is 11.4 Å². The zero-order valence-electron chi connectivity index (χ0n) is 16.6. The van der Waals surface area contributed by atoms with Crippen molar-refractivity contribution in [3.05, 3.63) is 78.4 Å². The molecule has 0 radical (unpaired) electrons. The number of halogens is 5. The maximum Gasteiger partial charge on any atom is 0.402 e. The lowest BCUT2D eigenvalue weighted by Crippen LogP contribution is -2.33. The first kappa shape index (κ1) is 24.1. The van der Waals surface area contributed by atoms with Crippen molar-refractivity contribution in [2.45, 2.75) is 11.1 Å². The van der Waals surface area contributed by atoms with Crippen molar-refractivity contribution in [2.75, 3.05) is 17.2 Å². The van der Waals surface area contributed by atoms with E-state index in [1.165, 1.54) is 10.8 Å². The molecule has 0 heterocycles. The number of benzene rings is 3. The van der Waals surface area contributed by atoms with Crippen molar-refractivity contribution >= 4 is 27.4 Å². The van der Waals surface area contributed by atoms with Crippen LogP contribution >= 0.6 is 0 Å². The van der Waals surface area contributed by atoms with Gasteiger partial charge in [0.2, 0.25) is 10.0 Å². The predicted molar refractivity (Wildman–Crippen MR) is 112 cm³/mol. The molecule has 0 aromatic heterocycles. The van der Waals surface area contributed by atoms with E-state index in [1.54, 1.807) is 30.3 Å². The van der Waals surface area contributed by atoms with Crippen molar-refractivity contribution in [3.63, 3.8) is 0 Å². The fourth-order valence-electron chi connectivity index (χ4n) is 2.83. The Morgan fingerprint density at radius 1 is 0.848 bits per heavy atom. The maximum atomic E-state index is 13.4. The van der Waals surface area contributed by atoms with Crippen LogP contribution in [0.25, 0.3) is 11.1 Å². The van der Waals surface area contributed by atoms with E-state index in [9.17, 15) is 35.2 Å². The van der Waals surface area contributed by atoms with Crippen LogP contribution in [0.3, 0.4) is 0 Å². The lowest BCUT2D eigenvalue weighted by molar-refractivity contribution is -0.121. The minimum Gasteiger partial charge on any atom is -0.308 e. The molecular weight excluding hydrogens is 469 g/mol. The van der Waals surface area contributed by atoms with Crippen LogP contribution in [-0.4, -0.2) is 27.2 Å². The van der Waals surface area contributed by atoms with Gasteiger partial charge >= 0.3 is 12.2 Å². The number of carbonyl (C=O) groups excluding carboxylic acids is 1. The van der Waals surface area contributed by atoms with Crippen LogP contribution in [0.4, 0.5) is 38.1 Å². The number of rotatable bonds is 6. The second kappa shape index (κ2) is 9.55. The highest BCUT2D eigenvalue weighted by atomic mass is 32.2. The molecule has 3 aromatic carbocycles. The Kier molecular flexibility index (Phi) is 6.98. The Morgan fingerprint density at radius 3 is 2.09 bits per heavy atom. The molecule has 3 rings (SSSR count). The molecule has 0 fully saturated rings. The fraction of sp³-hybridized carbons (Fsp3) is 0.0952. The largest absolute Gasteiger partial charge is 0.402 e. The summed E-state index contributed by atoms with van der Waals surface area (Å²) in [6.07, 6.45) is -4.77. The Hall–Kier alpha value is -3.51. The van der Waals surface area contributed by atoms with Gasteiger partial charge in [0.15, 0.2) is 0 Å². The molecule has 0 aliphatic heterocycles. The monoisotopic (exact) mass is 485 g/mol. The first-order valence-electron chi connectivity index (χ1n) is 9.23. The van der Waals surface area contributed by atoms with Gasteiger partial charge in [0.05, 0.1) is 10.6 Å². The van der Waals surface area contributed by atoms with Gasteiger partial charge in [-0.05, 0) is 29.8 Å². The molecule has 33 heavy (non-hydrogen) atoms. The summed E-state index contributed by atoms with van der Waals surface area (Å²) in [4.78, 5) is 11.9. The third-order valence-electron chi connectivity index (χ3n) is 4.22. The summed E-state index contributed by atoms with van der Waals surface area (Å²) in [7, 11) is -4.56. The van der Waals surface area contributed by atoms with Crippen molar-refractivity contribution in [3.8, 4) is 11.1 Å². The average molecular weight is 485 g/mol. The molecule has 0 aliphatic rings. The number of urea groups is 1. The SMILES string of the molecule is O=C(Nc1cc(F)cc(F)c1)Nc1cc(S(=O)(=O)NCC(F)(F)F)ccc1-c1ccccc1. The number of anilines is 2. The van der Waals surface area contributed by atoms with Crippen LogP contribution in [0.1, 0.15) is 0 Å². The molecule has 3 N–H and O–H groups in total. The summed E-state index contributed by atoms with van der Waals surface area (Å²) < 4.78 is 90.2. The summed E-state index contributed by atoms with van der Waals surface area (Å²) in [6.45, 7) is -1.77. The molecule has 174 valence electrons. The van der Waals surface area contributed by atoms with Crippen molar-refractivity contribution < 1.29 is 35.2 Å². The second-order valence-electron chi connectivity index (χ2n) is 6.75. The number of hydrogen-bond acceptors (Lipinski definition) is 3. The Morgan fingerprint density at radius 2 is 1.48 bits per heavy atom. The molecule has 3 aromatic rings. The molecular formula is C21H16F5N3O3S. The highest BCUT2D eigenvalue weighted by Gasteiger charge is 2.30. The molecule has 6 nitrogen and oxygen atoms in total. The van der Waals surface area contributed by atoms with E-state index in [0.29, 0.717) is 17.2 Å². The number of sulfonamides is 1. The summed E-state index contributed by atoms with van der Waals surface area (Å²) in [5.41, 5.74) is 0.648. The number of carbonyl (C=O) groups is 1. The van der Waals surface area contributed by atoms with E-state index in [2.05, 4.69) is 10.6 Å². The zero-order valence-corrected chi connectivity index (χ0v) is 17.4. The van der Waals surface area contributed by atoms with Crippen molar-refractivity contribution in [1.82, 2.24) is 4.72 Å². The van der Waals surface area contributed by atoms with Gasteiger partial charge in [-0.1, -0.05) is 36.4 Å². The summed E-state index contributed by atoms with van der Waals surface area (Å²) >= 11 is 0. The zero-order chi connectivity index (χ0) is 24.2. The van der Waals surface area contributed by atoms with E-state index >= 15 is 0 Å². The third-order valence-corrected chi connectivity index (χ3v) is 5.62.